The van der Waals surface area contributed by atoms with Crippen LogP contribution >= 0.6 is 0 Å². The highest BCUT2D eigenvalue weighted by Gasteiger charge is 2.38. The Morgan fingerprint density at radius 1 is 1.24 bits per heavy atom. The van der Waals surface area contributed by atoms with Gasteiger partial charge in [0, 0.05) is 29.4 Å². The number of amidine groups is 1. The van der Waals surface area contributed by atoms with Crippen LogP contribution in [0.25, 0.3) is 0 Å². The van der Waals surface area contributed by atoms with Crippen LogP contribution in [0.5, 0.6) is 0 Å². The van der Waals surface area contributed by atoms with Crippen LogP contribution < -0.4 is 5.32 Å². The minimum Gasteiger partial charge on any atom is -0.390 e. The molecule has 0 saturated heterocycles. The van der Waals surface area contributed by atoms with Crippen molar-refractivity contribution in [2.45, 2.75) is 64.6 Å². The molecule has 0 bridgehead atoms. The third-order valence-electron chi connectivity index (χ3n) is 6.02. The molecule has 0 saturated carbocycles. The highest BCUT2D eigenvalue weighted by molar-refractivity contribution is 6.28. The minimum atomic E-state index is -2.96. The summed E-state index contributed by atoms with van der Waals surface area (Å²) in [5.74, 6) is -1.19. The zero-order chi connectivity index (χ0) is 27.1. The highest BCUT2D eigenvalue weighted by atomic mass is 19.3. The summed E-state index contributed by atoms with van der Waals surface area (Å²) in [4.78, 5) is 22.4. The van der Waals surface area contributed by atoms with Gasteiger partial charge in [0.25, 0.3) is 12.3 Å². The molecule has 2 aromatic rings. The molecule has 2 aliphatic rings. The third-order valence-corrected chi connectivity index (χ3v) is 6.02. The number of alkyl halides is 2. The van der Waals surface area contributed by atoms with Gasteiger partial charge in [-0.05, 0) is 52.8 Å². The largest absolute Gasteiger partial charge is 0.390 e. The monoisotopic (exact) mass is 513 g/mol. The van der Waals surface area contributed by atoms with E-state index < -0.39 is 40.9 Å². The molecule has 0 fully saturated rings. The Hall–Kier alpha value is -3.53. The van der Waals surface area contributed by atoms with Gasteiger partial charge in [0.1, 0.15) is 5.82 Å². The van der Waals surface area contributed by atoms with Crippen molar-refractivity contribution < 1.29 is 23.1 Å². The molecule has 0 unspecified atom stereocenters. The van der Waals surface area contributed by atoms with Crippen LogP contribution in [-0.2, 0) is 11.2 Å². The first kappa shape index (κ1) is 26.5. The van der Waals surface area contributed by atoms with E-state index in [4.69, 9.17) is 5.10 Å². The molecule has 0 spiro atoms. The number of aromatic nitrogens is 1. The van der Waals surface area contributed by atoms with Gasteiger partial charge in [-0.1, -0.05) is 18.2 Å². The summed E-state index contributed by atoms with van der Waals surface area (Å²) >= 11 is 0. The Labute approximate surface area is 213 Å². The van der Waals surface area contributed by atoms with Crippen LogP contribution in [0, 0.1) is 5.82 Å². The second-order valence-corrected chi connectivity index (χ2v) is 10.6. The van der Waals surface area contributed by atoms with Gasteiger partial charge in [-0.2, -0.15) is 5.10 Å². The van der Waals surface area contributed by atoms with E-state index in [1.54, 1.807) is 43.3 Å². The van der Waals surface area contributed by atoms with E-state index in [1.807, 2.05) is 13.8 Å². The van der Waals surface area contributed by atoms with Gasteiger partial charge in [-0.3, -0.25) is 14.8 Å². The fourth-order valence-corrected chi connectivity index (χ4v) is 4.37. The number of pyridine rings is 1. The molecular weight excluding hydrogens is 483 g/mol. The van der Waals surface area contributed by atoms with Gasteiger partial charge in [0.2, 0.25) is 0 Å². The minimum absolute atomic E-state index is 0.0348. The number of hydrogen-bond acceptors (Lipinski definition) is 6. The van der Waals surface area contributed by atoms with E-state index in [0.717, 1.165) is 6.07 Å². The number of halogens is 3. The normalized spacial score (nSPS) is 17.7. The van der Waals surface area contributed by atoms with E-state index in [-0.39, 0.29) is 11.1 Å². The number of aliphatic hydroxyl groups is 1. The SMILES string of the molecule is C[C@@H](NC(=O)C1=CC(c2ccnc(CC(C)(C)O)c2)=NN2CC(C)(C)N=C12)c1cccc(C(F)F)c1F. The molecule has 1 aromatic carbocycles. The van der Waals surface area contributed by atoms with Crippen LogP contribution in [-0.4, -0.2) is 50.2 Å². The molecule has 4 rings (SSSR count). The van der Waals surface area contributed by atoms with Crippen LogP contribution in [0.4, 0.5) is 13.2 Å². The van der Waals surface area contributed by atoms with Gasteiger partial charge >= 0.3 is 0 Å². The Balaban J connectivity index is 1.67. The molecule has 1 aromatic heterocycles. The highest BCUT2D eigenvalue weighted by Crippen LogP contribution is 2.30. The molecule has 37 heavy (non-hydrogen) atoms. The van der Waals surface area contributed by atoms with Crippen LogP contribution in [0.3, 0.4) is 0 Å². The zero-order valence-corrected chi connectivity index (χ0v) is 21.4. The fourth-order valence-electron chi connectivity index (χ4n) is 4.37. The van der Waals surface area contributed by atoms with Gasteiger partial charge < -0.3 is 10.4 Å². The van der Waals surface area contributed by atoms with Crippen molar-refractivity contribution in [3.63, 3.8) is 0 Å². The molecular formula is C27H30F3N5O2. The number of hydrogen-bond donors (Lipinski definition) is 2. The predicted octanol–water partition coefficient (Wildman–Crippen LogP) is 4.49. The van der Waals surface area contributed by atoms with Crippen molar-refractivity contribution >= 4 is 17.5 Å². The first-order valence-corrected chi connectivity index (χ1v) is 12.0. The molecule has 3 heterocycles. The lowest BCUT2D eigenvalue weighted by molar-refractivity contribution is -0.117. The standard InChI is InChI=1S/C27H30F3N5O2/c1-15(18-7-6-8-19(22(18)28)23(29)30)32-25(36)20-12-21(34-35-14-26(2,3)33-24(20)35)16-9-10-31-17(11-16)13-27(4,5)37/h6-12,15,23,37H,13-14H2,1-5H3,(H,32,36)/t15-/m1/s1. The summed E-state index contributed by atoms with van der Waals surface area (Å²) in [5.41, 5.74) is -0.102. The Morgan fingerprint density at radius 3 is 2.62 bits per heavy atom. The van der Waals surface area contributed by atoms with Gasteiger partial charge in [0.05, 0.1) is 40.6 Å². The summed E-state index contributed by atoms with van der Waals surface area (Å²) in [5, 5.41) is 19.3. The number of nitrogens with one attached hydrogen (secondary N) is 1. The molecule has 1 amide bonds. The average Bonchev–Trinajstić information content (AvgIpc) is 3.10. The number of aliphatic imine (C=N–C) groups is 1. The number of benzene rings is 1. The van der Waals surface area contributed by atoms with Gasteiger partial charge in [-0.25, -0.2) is 18.2 Å². The molecule has 2 aliphatic heterocycles. The summed E-state index contributed by atoms with van der Waals surface area (Å²) in [7, 11) is 0. The molecule has 7 nitrogen and oxygen atoms in total. The summed E-state index contributed by atoms with van der Waals surface area (Å²) in [6.07, 6.45) is 0.585. The molecule has 2 N–H and O–H groups in total. The van der Waals surface area contributed by atoms with Crippen molar-refractivity contribution in [1.29, 1.82) is 0 Å². The number of hydrazone groups is 1. The van der Waals surface area contributed by atoms with E-state index >= 15 is 0 Å². The summed E-state index contributed by atoms with van der Waals surface area (Å²) in [6, 6.07) is 6.43. The van der Waals surface area contributed by atoms with E-state index in [2.05, 4.69) is 15.3 Å². The lowest BCUT2D eigenvalue weighted by Gasteiger charge is -2.25. The maximum absolute atomic E-state index is 14.7. The van der Waals surface area contributed by atoms with Crippen LogP contribution in [0.1, 0.15) is 69.5 Å². The summed E-state index contributed by atoms with van der Waals surface area (Å²) in [6.45, 7) is 9.21. The van der Waals surface area contributed by atoms with Crippen molar-refractivity contribution in [2.24, 2.45) is 10.1 Å². The molecule has 1 atom stereocenters. The predicted molar refractivity (Wildman–Crippen MR) is 135 cm³/mol. The maximum atomic E-state index is 14.7. The van der Waals surface area contributed by atoms with Crippen molar-refractivity contribution in [3.05, 3.63) is 76.4 Å². The number of carbonyl (C=O) groups is 1. The lowest BCUT2D eigenvalue weighted by Crippen LogP contribution is -2.39. The fraction of sp³-hybridized carbons (Fsp3) is 0.407. The van der Waals surface area contributed by atoms with Crippen molar-refractivity contribution in [1.82, 2.24) is 15.3 Å². The summed E-state index contributed by atoms with van der Waals surface area (Å²) < 4.78 is 41.1. The number of allylic oxidation sites excluding steroid dienone is 1. The number of amides is 1. The lowest BCUT2D eigenvalue weighted by atomic mass is 9.99. The maximum Gasteiger partial charge on any atom is 0.266 e. The Kier molecular flexibility index (Phi) is 6.98. The van der Waals surface area contributed by atoms with Crippen LogP contribution in [0.15, 0.2) is 58.3 Å². The zero-order valence-electron chi connectivity index (χ0n) is 21.4. The number of fused-ring (bicyclic) bond motifs is 1. The second-order valence-electron chi connectivity index (χ2n) is 10.6. The van der Waals surface area contributed by atoms with Crippen molar-refractivity contribution in [2.75, 3.05) is 6.54 Å². The average molecular weight is 514 g/mol. The van der Waals surface area contributed by atoms with Gasteiger partial charge in [0.15, 0.2) is 5.84 Å². The van der Waals surface area contributed by atoms with E-state index in [9.17, 15) is 23.1 Å². The van der Waals surface area contributed by atoms with Crippen molar-refractivity contribution in [3.8, 4) is 0 Å². The molecule has 10 heteroatoms. The molecule has 0 radical (unpaired) electrons. The first-order chi connectivity index (χ1) is 17.2. The number of rotatable bonds is 7. The Bertz CT molecular complexity index is 1310. The topological polar surface area (TPSA) is 90.2 Å². The number of carbonyl (C=O) groups excluding carboxylic acids is 1. The third kappa shape index (κ3) is 5.90. The molecule has 196 valence electrons. The smallest absolute Gasteiger partial charge is 0.266 e. The Morgan fingerprint density at radius 2 is 1.95 bits per heavy atom. The van der Waals surface area contributed by atoms with E-state index in [1.165, 1.54) is 19.1 Å². The second kappa shape index (κ2) is 9.74. The van der Waals surface area contributed by atoms with Crippen LogP contribution in [0.2, 0.25) is 0 Å². The van der Waals surface area contributed by atoms with E-state index in [0.29, 0.717) is 35.8 Å². The number of nitrogens with zero attached hydrogens (tertiary/aromatic N) is 4. The van der Waals surface area contributed by atoms with Gasteiger partial charge in [-0.15, -0.1) is 0 Å². The quantitative estimate of drug-likeness (QED) is 0.571. The first-order valence-electron chi connectivity index (χ1n) is 12.0. The molecule has 0 aliphatic carbocycles.